The predicted octanol–water partition coefficient (Wildman–Crippen LogP) is 4.97. The Morgan fingerprint density at radius 1 is 1.24 bits per heavy atom. The van der Waals surface area contributed by atoms with Gasteiger partial charge in [-0.05, 0) is 43.7 Å². The molecule has 0 radical (unpaired) electrons. The second-order valence-electron chi connectivity index (χ2n) is 8.85. The summed E-state index contributed by atoms with van der Waals surface area (Å²) in [6, 6.07) is 7.67. The molecule has 29 heavy (non-hydrogen) atoms. The van der Waals surface area contributed by atoms with Crippen LogP contribution in [0.3, 0.4) is 0 Å². The summed E-state index contributed by atoms with van der Waals surface area (Å²) in [5.74, 6) is -0.411. The largest absolute Gasteiger partial charge is 0.459 e. The summed E-state index contributed by atoms with van der Waals surface area (Å²) in [7, 11) is 0. The maximum atomic E-state index is 13.1. The van der Waals surface area contributed by atoms with Crippen molar-refractivity contribution >= 4 is 28.8 Å². The number of ether oxygens (including phenoxy) is 1. The van der Waals surface area contributed by atoms with Crippen molar-refractivity contribution in [2.24, 2.45) is 4.99 Å². The SMILES string of the molecule is CC[C@H]1SC2=NC(C)=C(C(=O)OC(C)C)[C@@H](c3ccc(C(C)(C)C)cc3)N2C1=O. The van der Waals surface area contributed by atoms with E-state index in [0.29, 0.717) is 16.4 Å². The summed E-state index contributed by atoms with van der Waals surface area (Å²) in [6.45, 7) is 13.9. The van der Waals surface area contributed by atoms with Crippen molar-refractivity contribution in [1.82, 2.24) is 4.90 Å². The van der Waals surface area contributed by atoms with Crippen LogP contribution in [0.25, 0.3) is 0 Å². The first-order valence-corrected chi connectivity index (χ1v) is 11.0. The van der Waals surface area contributed by atoms with Gasteiger partial charge < -0.3 is 4.74 Å². The van der Waals surface area contributed by atoms with Crippen LogP contribution in [0.2, 0.25) is 0 Å². The number of esters is 1. The van der Waals surface area contributed by atoms with Crippen LogP contribution in [0.15, 0.2) is 40.5 Å². The van der Waals surface area contributed by atoms with Gasteiger partial charge in [0.25, 0.3) is 0 Å². The fraction of sp³-hybridized carbons (Fsp3) is 0.522. The maximum absolute atomic E-state index is 13.1. The zero-order valence-electron chi connectivity index (χ0n) is 18.3. The molecule has 0 spiro atoms. The van der Waals surface area contributed by atoms with Gasteiger partial charge in [-0.1, -0.05) is 63.7 Å². The second kappa shape index (κ2) is 7.98. The highest BCUT2D eigenvalue weighted by molar-refractivity contribution is 8.15. The molecule has 5 nitrogen and oxygen atoms in total. The van der Waals surface area contributed by atoms with E-state index in [1.165, 1.54) is 17.3 Å². The number of rotatable bonds is 4. The van der Waals surface area contributed by atoms with Crippen LogP contribution < -0.4 is 0 Å². The number of allylic oxidation sites excluding steroid dienone is 1. The molecule has 2 aliphatic heterocycles. The summed E-state index contributed by atoms with van der Waals surface area (Å²) in [4.78, 5) is 32.4. The number of benzene rings is 1. The zero-order valence-corrected chi connectivity index (χ0v) is 19.1. The fourth-order valence-electron chi connectivity index (χ4n) is 3.61. The van der Waals surface area contributed by atoms with Crippen molar-refractivity contribution in [2.75, 3.05) is 0 Å². The number of carbonyl (C=O) groups excluding carboxylic acids is 2. The molecule has 6 heteroatoms. The normalized spacial score (nSPS) is 22.1. The quantitative estimate of drug-likeness (QED) is 0.653. The van der Waals surface area contributed by atoms with E-state index in [1.54, 1.807) is 4.90 Å². The minimum Gasteiger partial charge on any atom is -0.459 e. The highest BCUT2D eigenvalue weighted by Gasteiger charge is 2.47. The minimum absolute atomic E-state index is 0.00324. The van der Waals surface area contributed by atoms with Gasteiger partial charge in [-0.3, -0.25) is 9.69 Å². The predicted molar refractivity (Wildman–Crippen MR) is 118 cm³/mol. The van der Waals surface area contributed by atoms with Crippen molar-refractivity contribution in [3.05, 3.63) is 46.7 Å². The van der Waals surface area contributed by atoms with Crippen LogP contribution in [0.5, 0.6) is 0 Å². The molecule has 0 unspecified atom stereocenters. The second-order valence-corrected chi connectivity index (χ2v) is 10.0. The van der Waals surface area contributed by atoms with E-state index < -0.39 is 12.0 Å². The van der Waals surface area contributed by atoms with Crippen LogP contribution in [-0.4, -0.2) is 33.3 Å². The van der Waals surface area contributed by atoms with Crippen LogP contribution in [-0.2, 0) is 19.7 Å². The van der Waals surface area contributed by atoms with Crippen LogP contribution in [0.1, 0.15) is 72.1 Å². The van der Waals surface area contributed by atoms with Crippen LogP contribution in [0.4, 0.5) is 0 Å². The number of fused-ring (bicyclic) bond motifs is 1. The van der Waals surface area contributed by atoms with Crippen LogP contribution in [0, 0.1) is 0 Å². The van der Waals surface area contributed by atoms with Gasteiger partial charge in [0.2, 0.25) is 5.91 Å². The Morgan fingerprint density at radius 3 is 2.38 bits per heavy atom. The van der Waals surface area contributed by atoms with Gasteiger partial charge in [0.05, 0.1) is 28.7 Å². The van der Waals surface area contributed by atoms with Gasteiger partial charge in [0.1, 0.15) is 0 Å². The molecule has 2 aliphatic rings. The van der Waals surface area contributed by atoms with E-state index in [2.05, 4.69) is 37.9 Å². The minimum atomic E-state index is -0.515. The number of nitrogens with zero attached hydrogens (tertiary/aromatic N) is 2. The van der Waals surface area contributed by atoms with Gasteiger partial charge in [-0.2, -0.15) is 0 Å². The highest BCUT2D eigenvalue weighted by atomic mass is 32.2. The zero-order chi connectivity index (χ0) is 21.5. The Labute approximate surface area is 177 Å². The Bertz CT molecular complexity index is 878. The van der Waals surface area contributed by atoms with E-state index in [0.717, 1.165) is 12.0 Å². The van der Waals surface area contributed by atoms with Crippen molar-refractivity contribution in [3.8, 4) is 0 Å². The molecule has 1 amide bonds. The number of amides is 1. The Hall–Kier alpha value is -2.08. The first-order valence-electron chi connectivity index (χ1n) is 10.1. The Kier molecular flexibility index (Phi) is 5.95. The van der Waals surface area contributed by atoms with Crippen molar-refractivity contribution in [1.29, 1.82) is 0 Å². The standard InChI is InChI=1S/C23H30N2O3S/c1-8-17-20(26)25-19(15-9-11-16(12-10-15)23(5,6)7)18(21(27)28-13(2)3)14(4)24-22(25)29-17/h9-13,17,19H,8H2,1-7H3/t17-,19-/m1/s1. The molecule has 0 bridgehead atoms. The molecule has 0 saturated carbocycles. The molecule has 1 saturated heterocycles. The summed E-state index contributed by atoms with van der Waals surface area (Å²) >= 11 is 1.48. The van der Waals surface area contributed by atoms with E-state index in [1.807, 2.05) is 39.8 Å². The molecule has 2 heterocycles. The van der Waals surface area contributed by atoms with Gasteiger partial charge in [0.15, 0.2) is 5.17 Å². The van der Waals surface area contributed by atoms with Crippen molar-refractivity contribution < 1.29 is 14.3 Å². The topological polar surface area (TPSA) is 59.0 Å². The lowest BCUT2D eigenvalue weighted by molar-refractivity contribution is -0.143. The number of amidine groups is 1. The first kappa shape index (κ1) is 21.6. The number of carbonyl (C=O) groups is 2. The molecule has 1 aromatic rings. The molecule has 0 N–H and O–H groups in total. The fourth-order valence-corrected chi connectivity index (χ4v) is 4.74. The summed E-state index contributed by atoms with van der Waals surface area (Å²) < 4.78 is 5.52. The number of hydrogen-bond donors (Lipinski definition) is 0. The van der Waals surface area contributed by atoms with Crippen LogP contribution >= 0.6 is 11.8 Å². The van der Waals surface area contributed by atoms with Gasteiger partial charge in [-0.15, -0.1) is 0 Å². The number of hydrogen-bond acceptors (Lipinski definition) is 5. The lowest BCUT2D eigenvalue weighted by Crippen LogP contribution is -2.41. The van der Waals surface area contributed by atoms with E-state index in [4.69, 9.17) is 4.74 Å². The van der Waals surface area contributed by atoms with Gasteiger partial charge in [-0.25, -0.2) is 9.79 Å². The molecule has 0 aromatic heterocycles. The molecule has 2 atom stereocenters. The van der Waals surface area contributed by atoms with Crippen molar-refractivity contribution in [2.45, 2.75) is 77.7 Å². The molecule has 1 fully saturated rings. The summed E-state index contributed by atoms with van der Waals surface area (Å²) in [6.07, 6.45) is 0.476. The third-order valence-electron chi connectivity index (χ3n) is 5.18. The molecule has 156 valence electrons. The Balaban J connectivity index is 2.11. The molecule has 0 aliphatic carbocycles. The van der Waals surface area contributed by atoms with Gasteiger partial charge in [0, 0.05) is 0 Å². The number of aliphatic imine (C=N–C) groups is 1. The average molecular weight is 415 g/mol. The Morgan fingerprint density at radius 2 is 1.86 bits per heavy atom. The molecular formula is C23H30N2O3S. The molecule has 3 rings (SSSR count). The van der Waals surface area contributed by atoms with E-state index in [-0.39, 0.29) is 22.7 Å². The van der Waals surface area contributed by atoms with E-state index >= 15 is 0 Å². The van der Waals surface area contributed by atoms with Gasteiger partial charge >= 0.3 is 5.97 Å². The third kappa shape index (κ3) is 4.13. The highest BCUT2D eigenvalue weighted by Crippen LogP contribution is 2.44. The summed E-state index contributed by atoms with van der Waals surface area (Å²) in [5.41, 5.74) is 3.17. The molecular weight excluding hydrogens is 384 g/mol. The third-order valence-corrected chi connectivity index (χ3v) is 6.50. The lowest BCUT2D eigenvalue weighted by Gasteiger charge is -2.33. The average Bonchev–Trinajstić information content (AvgIpc) is 2.94. The lowest BCUT2D eigenvalue weighted by atomic mass is 9.85. The number of thioether (sulfide) groups is 1. The first-order chi connectivity index (χ1) is 13.5. The van der Waals surface area contributed by atoms with E-state index in [9.17, 15) is 9.59 Å². The van der Waals surface area contributed by atoms with Crippen molar-refractivity contribution in [3.63, 3.8) is 0 Å². The summed E-state index contributed by atoms with van der Waals surface area (Å²) in [5, 5.41) is 0.503. The monoisotopic (exact) mass is 414 g/mol. The maximum Gasteiger partial charge on any atom is 0.338 e. The smallest absolute Gasteiger partial charge is 0.338 e. The molecule has 1 aromatic carbocycles.